The molecule has 4 rings (SSSR count). The third-order valence-corrected chi connectivity index (χ3v) is 4.60. The van der Waals surface area contributed by atoms with Crippen LogP contribution in [0.15, 0.2) is 60.8 Å². The summed E-state index contributed by atoms with van der Waals surface area (Å²) < 4.78 is 46.5. The van der Waals surface area contributed by atoms with Crippen LogP contribution in [0.5, 0.6) is 11.5 Å². The lowest BCUT2D eigenvalue weighted by atomic mass is 10.1. The number of hydrogen-bond donors (Lipinski definition) is 1. The number of para-hydroxylation sites is 1. The lowest BCUT2D eigenvalue weighted by molar-refractivity contribution is -0.274. The van der Waals surface area contributed by atoms with E-state index in [1.807, 2.05) is 0 Å². The van der Waals surface area contributed by atoms with Gasteiger partial charge in [-0.05, 0) is 48.5 Å². The number of hydrogen-bond acceptors (Lipinski definition) is 6. The molecule has 2 heterocycles. The average molecular weight is 440 g/mol. The highest BCUT2D eigenvalue weighted by Gasteiger charge is 2.31. The molecule has 1 aliphatic heterocycles. The molecule has 1 N–H and O–H groups in total. The third-order valence-electron chi connectivity index (χ3n) is 4.60. The summed E-state index contributed by atoms with van der Waals surface area (Å²) >= 11 is 0. The molecule has 3 aromatic rings. The predicted molar refractivity (Wildman–Crippen MR) is 109 cm³/mol. The van der Waals surface area contributed by atoms with E-state index in [0.717, 1.165) is 12.1 Å². The average Bonchev–Trinajstić information content (AvgIpc) is 2.78. The minimum Gasteiger partial charge on any atom is -0.489 e. The van der Waals surface area contributed by atoms with Crippen molar-refractivity contribution in [2.45, 2.75) is 6.36 Å². The van der Waals surface area contributed by atoms with Gasteiger partial charge in [0.15, 0.2) is 11.6 Å². The first-order valence-corrected chi connectivity index (χ1v) is 9.41. The first-order chi connectivity index (χ1) is 15.4. The molecule has 0 aliphatic carbocycles. The van der Waals surface area contributed by atoms with E-state index in [2.05, 4.69) is 21.1 Å². The van der Waals surface area contributed by atoms with Crippen molar-refractivity contribution >= 4 is 23.1 Å². The van der Waals surface area contributed by atoms with Gasteiger partial charge in [-0.3, -0.25) is 4.79 Å². The van der Waals surface area contributed by atoms with Gasteiger partial charge in [0.2, 0.25) is 0 Å². The molecule has 1 amide bonds. The summed E-state index contributed by atoms with van der Waals surface area (Å²) in [5.74, 6) is -0.120. The summed E-state index contributed by atoms with van der Waals surface area (Å²) in [6.07, 6.45) is -3.22. The molecule has 0 fully saturated rings. The Morgan fingerprint density at radius 2 is 1.94 bits per heavy atom. The molecule has 1 aromatic heterocycles. The summed E-state index contributed by atoms with van der Waals surface area (Å²) in [7, 11) is 0. The van der Waals surface area contributed by atoms with Gasteiger partial charge in [-0.25, -0.2) is 4.98 Å². The van der Waals surface area contributed by atoms with E-state index in [4.69, 9.17) is 4.74 Å². The number of nitrogens with zero attached hydrogens (tertiary/aromatic N) is 3. The molecule has 32 heavy (non-hydrogen) atoms. The first kappa shape index (κ1) is 21.0. The van der Waals surface area contributed by atoms with E-state index in [-0.39, 0.29) is 17.9 Å². The number of nitriles is 1. The summed E-state index contributed by atoms with van der Waals surface area (Å²) in [5.41, 5.74) is 1.48. The molecule has 0 saturated heterocycles. The molecule has 162 valence electrons. The number of alkyl halides is 3. The van der Waals surface area contributed by atoms with Crippen molar-refractivity contribution in [3.05, 3.63) is 71.9 Å². The highest BCUT2D eigenvalue weighted by Crippen LogP contribution is 2.39. The third kappa shape index (κ3) is 4.41. The fourth-order valence-electron chi connectivity index (χ4n) is 3.29. The molecule has 7 nitrogen and oxygen atoms in total. The molecule has 0 saturated carbocycles. The molecule has 0 bridgehead atoms. The van der Waals surface area contributed by atoms with Crippen LogP contribution in [0.25, 0.3) is 0 Å². The number of carbonyl (C=O) groups excluding carboxylic acids is 1. The van der Waals surface area contributed by atoms with Gasteiger partial charge in [0.05, 0.1) is 23.4 Å². The van der Waals surface area contributed by atoms with E-state index in [1.165, 1.54) is 12.1 Å². The zero-order valence-electron chi connectivity index (χ0n) is 16.4. The number of halogens is 3. The topological polar surface area (TPSA) is 87.5 Å². The molecule has 0 spiro atoms. The van der Waals surface area contributed by atoms with Crippen molar-refractivity contribution in [1.82, 2.24) is 4.98 Å². The smallest absolute Gasteiger partial charge is 0.489 e. The SMILES string of the molecule is N#Cc1cccnc1N1CCOc2c(C(=O)Nc3ccc(OC(F)(F)F)cc3)cccc21. The Bertz CT molecular complexity index is 1190. The second-order valence-electron chi connectivity index (χ2n) is 6.67. The maximum Gasteiger partial charge on any atom is 0.573 e. The van der Waals surface area contributed by atoms with Crippen molar-refractivity contribution in [2.24, 2.45) is 0 Å². The number of anilines is 3. The standard InChI is InChI=1S/C22H15F3N4O3/c23-22(24,25)32-16-8-6-15(7-9-16)28-21(30)17-4-1-5-18-19(17)31-12-11-29(18)20-14(13-26)3-2-10-27-20/h1-10H,11-12H2,(H,28,30). The molecular formula is C22H15F3N4O3. The van der Waals surface area contributed by atoms with Gasteiger partial charge in [0, 0.05) is 11.9 Å². The zero-order chi connectivity index (χ0) is 22.7. The number of fused-ring (bicyclic) bond motifs is 1. The van der Waals surface area contributed by atoms with E-state index in [1.54, 1.807) is 41.4 Å². The zero-order valence-corrected chi connectivity index (χ0v) is 16.4. The minimum atomic E-state index is -4.80. The lowest BCUT2D eigenvalue weighted by Crippen LogP contribution is -2.31. The minimum absolute atomic E-state index is 0.234. The number of amides is 1. The Kier molecular flexibility index (Phi) is 5.55. The van der Waals surface area contributed by atoms with Crippen LogP contribution >= 0.6 is 0 Å². The number of carbonyl (C=O) groups is 1. The Balaban J connectivity index is 1.59. The Morgan fingerprint density at radius 3 is 2.66 bits per heavy atom. The van der Waals surface area contributed by atoms with E-state index in [0.29, 0.717) is 29.4 Å². The number of pyridine rings is 1. The summed E-state index contributed by atoms with van der Waals surface area (Å²) in [6.45, 7) is 0.701. The van der Waals surface area contributed by atoms with Crippen LogP contribution in [0.3, 0.4) is 0 Å². The maximum atomic E-state index is 12.9. The quantitative estimate of drug-likeness (QED) is 0.636. The monoisotopic (exact) mass is 440 g/mol. The largest absolute Gasteiger partial charge is 0.573 e. The number of nitrogens with one attached hydrogen (secondary N) is 1. The molecule has 2 aromatic carbocycles. The summed E-state index contributed by atoms with van der Waals surface area (Å²) in [6, 6.07) is 15.2. The molecule has 0 radical (unpaired) electrons. The molecule has 0 unspecified atom stereocenters. The number of aromatic nitrogens is 1. The van der Waals surface area contributed by atoms with Crippen LogP contribution in [-0.2, 0) is 0 Å². The number of rotatable bonds is 4. The molecule has 10 heteroatoms. The molecule has 1 aliphatic rings. The second-order valence-corrected chi connectivity index (χ2v) is 6.67. The van der Waals surface area contributed by atoms with Crippen LogP contribution < -0.4 is 19.7 Å². The van der Waals surface area contributed by atoms with Gasteiger partial charge in [-0.1, -0.05) is 6.07 Å². The van der Waals surface area contributed by atoms with Gasteiger partial charge in [0.1, 0.15) is 18.4 Å². The van der Waals surface area contributed by atoms with Crippen LogP contribution in [0, 0.1) is 11.3 Å². The van der Waals surface area contributed by atoms with Crippen LogP contribution in [0.2, 0.25) is 0 Å². The predicted octanol–water partition coefficient (Wildman–Crippen LogP) is 4.63. The highest BCUT2D eigenvalue weighted by atomic mass is 19.4. The van der Waals surface area contributed by atoms with E-state index < -0.39 is 18.0 Å². The second kappa shape index (κ2) is 8.47. The van der Waals surface area contributed by atoms with E-state index >= 15 is 0 Å². The normalized spacial score (nSPS) is 12.9. The van der Waals surface area contributed by atoms with Gasteiger partial charge in [-0.2, -0.15) is 5.26 Å². The van der Waals surface area contributed by atoms with Crippen LogP contribution in [0.1, 0.15) is 15.9 Å². The lowest BCUT2D eigenvalue weighted by Gasteiger charge is -2.31. The number of benzene rings is 2. The van der Waals surface area contributed by atoms with Crippen molar-refractivity contribution in [3.63, 3.8) is 0 Å². The van der Waals surface area contributed by atoms with Crippen LogP contribution in [0.4, 0.5) is 30.4 Å². The maximum absolute atomic E-state index is 12.9. The van der Waals surface area contributed by atoms with Crippen molar-refractivity contribution in [3.8, 4) is 17.6 Å². The van der Waals surface area contributed by atoms with Gasteiger partial charge in [0.25, 0.3) is 5.91 Å². The van der Waals surface area contributed by atoms with Crippen LogP contribution in [-0.4, -0.2) is 30.4 Å². The Morgan fingerprint density at radius 1 is 1.16 bits per heavy atom. The van der Waals surface area contributed by atoms with Gasteiger partial charge < -0.3 is 19.7 Å². The van der Waals surface area contributed by atoms with Crippen molar-refractivity contribution in [1.29, 1.82) is 5.26 Å². The summed E-state index contributed by atoms with van der Waals surface area (Å²) in [5, 5.41) is 12.0. The van der Waals surface area contributed by atoms with Crippen molar-refractivity contribution in [2.75, 3.05) is 23.4 Å². The summed E-state index contributed by atoms with van der Waals surface area (Å²) in [4.78, 5) is 19.0. The fraction of sp³-hybridized carbons (Fsp3) is 0.136. The molecular weight excluding hydrogens is 425 g/mol. The Hall–Kier alpha value is -4.26. The highest BCUT2D eigenvalue weighted by molar-refractivity contribution is 6.07. The van der Waals surface area contributed by atoms with Gasteiger partial charge in [-0.15, -0.1) is 13.2 Å². The first-order valence-electron chi connectivity index (χ1n) is 9.41. The number of ether oxygens (including phenoxy) is 2. The van der Waals surface area contributed by atoms with Gasteiger partial charge >= 0.3 is 6.36 Å². The Labute approximate surface area is 180 Å². The van der Waals surface area contributed by atoms with E-state index in [9.17, 15) is 23.2 Å². The van der Waals surface area contributed by atoms with Crippen molar-refractivity contribution < 1.29 is 27.4 Å². The fourth-order valence-corrected chi connectivity index (χ4v) is 3.29. The molecule has 0 atom stereocenters.